The fourth-order valence-corrected chi connectivity index (χ4v) is 1.89. The van der Waals surface area contributed by atoms with Crippen LogP contribution in [0.1, 0.15) is 11.6 Å². The second-order valence-electron chi connectivity index (χ2n) is 3.51. The number of hydrogen-bond acceptors (Lipinski definition) is 3. The molecule has 0 amide bonds. The van der Waals surface area contributed by atoms with Crippen molar-refractivity contribution in [1.82, 2.24) is 10.4 Å². The molecule has 1 atom stereocenters. The lowest BCUT2D eigenvalue weighted by atomic mass is 10.1. The fourth-order valence-electron chi connectivity index (χ4n) is 1.35. The zero-order chi connectivity index (χ0) is 11.4. The molecule has 1 unspecified atom stereocenters. The molecule has 0 aliphatic rings. The van der Waals surface area contributed by atoms with Gasteiger partial charge in [0.2, 0.25) is 0 Å². The van der Waals surface area contributed by atoms with Crippen molar-refractivity contribution in [3.63, 3.8) is 0 Å². The van der Waals surface area contributed by atoms with Crippen molar-refractivity contribution >= 4 is 23.2 Å². The van der Waals surface area contributed by atoms with Crippen LogP contribution in [0.3, 0.4) is 0 Å². The van der Waals surface area contributed by atoms with E-state index in [9.17, 15) is 0 Å². The van der Waals surface area contributed by atoms with Crippen molar-refractivity contribution in [2.45, 2.75) is 6.04 Å². The second kappa shape index (κ2) is 5.68. The number of rotatable bonds is 4. The van der Waals surface area contributed by atoms with Crippen LogP contribution in [0.5, 0.6) is 0 Å². The van der Waals surface area contributed by atoms with Crippen molar-refractivity contribution in [3.05, 3.63) is 33.8 Å². The maximum atomic E-state index is 5.92. The zero-order valence-electron chi connectivity index (χ0n) is 8.80. The molecular weight excluding hydrogens is 233 g/mol. The number of halogens is 2. The van der Waals surface area contributed by atoms with Crippen molar-refractivity contribution < 1.29 is 0 Å². The molecule has 15 heavy (non-hydrogen) atoms. The molecule has 0 radical (unpaired) electrons. The molecule has 0 bridgehead atoms. The Hall–Kier alpha value is -0.320. The molecule has 0 saturated carbocycles. The Balaban J connectivity index is 2.91. The summed E-state index contributed by atoms with van der Waals surface area (Å²) < 4.78 is 0. The van der Waals surface area contributed by atoms with Gasteiger partial charge in [-0.3, -0.25) is 0 Å². The largest absolute Gasteiger partial charge is 0.329 e. The lowest BCUT2D eigenvalue weighted by Gasteiger charge is -2.22. The highest BCUT2D eigenvalue weighted by atomic mass is 35.5. The lowest BCUT2D eigenvalue weighted by molar-refractivity contribution is 0.245. The molecule has 0 spiro atoms. The molecule has 3 nitrogen and oxygen atoms in total. The summed E-state index contributed by atoms with van der Waals surface area (Å²) in [7, 11) is 3.82. The van der Waals surface area contributed by atoms with Gasteiger partial charge in [0.25, 0.3) is 0 Å². The van der Waals surface area contributed by atoms with E-state index < -0.39 is 0 Å². The van der Waals surface area contributed by atoms with Crippen LogP contribution in [0.2, 0.25) is 10.0 Å². The van der Waals surface area contributed by atoms with E-state index >= 15 is 0 Å². The molecule has 84 valence electrons. The minimum absolute atomic E-state index is 0.0243. The fraction of sp³-hybridized carbons (Fsp3) is 0.400. The van der Waals surface area contributed by atoms with E-state index in [0.717, 1.165) is 5.56 Å². The van der Waals surface area contributed by atoms with E-state index in [0.29, 0.717) is 16.6 Å². The standard InChI is InChI=1S/C10H15Cl2N3/c1-15(2)14-10(6-13)7-3-8(11)5-9(12)4-7/h3-5,10,14H,6,13H2,1-2H3. The van der Waals surface area contributed by atoms with Gasteiger partial charge in [-0.25, -0.2) is 10.4 Å². The Bertz CT molecular complexity index is 308. The Kier molecular flexibility index (Phi) is 4.83. The highest BCUT2D eigenvalue weighted by Gasteiger charge is 2.11. The van der Waals surface area contributed by atoms with Gasteiger partial charge in [-0.2, -0.15) is 0 Å². The van der Waals surface area contributed by atoms with E-state index in [1.54, 1.807) is 6.07 Å². The maximum Gasteiger partial charge on any atom is 0.0587 e. The number of nitrogens with one attached hydrogen (secondary N) is 1. The molecule has 1 aromatic carbocycles. The summed E-state index contributed by atoms with van der Waals surface area (Å²) in [5.41, 5.74) is 9.86. The zero-order valence-corrected chi connectivity index (χ0v) is 10.3. The Morgan fingerprint density at radius 2 is 1.80 bits per heavy atom. The number of hydrogen-bond donors (Lipinski definition) is 2. The average molecular weight is 248 g/mol. The summed E-state index contributed by atoms with van der Waals surface area (Å²) in [5, 5.41) is 3.10. The molecule has 1 aromatic rings. The summed E-state index contributed by atoms with van der Waals surface area (Å²) in [6.07, 6.45) is 0. The predicted molar refractivity (Wildman–Crippen MR) is 65.1 cm³/mol. The molecule has 0 fully saturated rings. The van der Waals surface area contributed by atoms with E-state index in [1.165, 1.54) is 0 Å². The monoisotopic (exact) mass is 247 g/mol. The van der Waals surface area contributed by atoms with Crippen molar-refractivity contribution in [2.75, 3.05) is 20.6 Å². The van der Waals surface area contributed by atoms with Crippen LogP contribution < -0.4 is 11.2 Å². The Morgan fingerprint density at radius 1 is 1.27 bits per heavy atom. The topological polar surface area (TPSA) is 41.3 Å². The van der Waals surface area contributed by atoms with E-state index in [4.69, 9.17) is 28.9 Å². The van der Waals surface area contributed by atoms with Crippen LogP contribution in [0.4, 0.5) is 0 Å². The van der Waals surface area contributed by atoms with E-state index in [2.05, 4.69) is 5.43 Å². The summed E-state index contributed by atoms with van der Waals surface area (Å²) in [5.74, 6) is 0. The van der Waals surface area contributed by atoms with Gasteiger partial charge < -0.3 is 5.73 Å². The first-order valence-corrected chi connectivity index (χ1v) is 5.38. The molecule has 0 aromatic heterocycles. The SMILES string of the molecule is CN(C)NC(CN)c1cc(Cl)cc(Cl)c1. The van der Waals surface area contributed by atoms with Crippen LogP contribution in [0.25, 0.3) is 0 Å². The Morgan fingerprint density at radius 3 is 2.20 bits per heavy atom. The third kappa shape index (κ3) is 3.97. The van der Waals surface area contributed by atoms with Crippen LogP contribution >= 0.6 is 23.2 Å². The summed E-state index contributed by atoms with van der Waals surface area (Å²) in [4.78, 5) is 0. The molecule has 0 saturated heterocycles. The van der Waals surface area contributed by atoms with Gasteiger partial charge in [0.1, 0.15) is 0 Å². The number of benzene rings is 1. The van der Waals surface area contributed by atoms with Gasteiger partial charge in [-0.1, -0.05) is 23.2 Å². The predicted octanol–water partition coefficient (Wildman–Crippen LogP) is 2.06. The number of nitrogens with zero attached hydrogens (tertiary/aromatic N) is 1. The van der Waals surface area contributed by atoms with E-state index in [-0.39, 0.29) is 6.04 Å². The third-order valence-electron chi connectivity index (χ3n) is 1.94. The smallest absolute Gasteiger partial charge is 0.0587 e. The van der Waals surface area contributed by atoms with Gasteiger partial charge in [-0.05, 0) is 23.8 Å². The third-order valence-corrected chi connectivity index (χ3v) is 2.37. The first-order chi connectivity index (χ1) is 7.02. The summed E-state index contributed by atoms with van der Waals surface area (Å²) in [6.45, 7) is 0.481. The molecule has 0 aliphatic carbocycles. The van der Waals surface area contributed by atoms with Crippen molar-refractivity contribution in [1.29, 1.82) is 0 Å². The first kappa shape index (κ1) is 12.7. The molecule has 0 heterocycles. The van der Waals surface area contributed by atoms with Gasteiger partial charge in [0, 0.05) is 30.7 Å². The number of nitrogens with two attached hydrogens (primary N) is 1. The summed E-state index contributed by atoms with van der Waals surface area (Å²) in [6, 6.07) is 5.45. The minimum Gasteiger partial charge on any atom is -0.329 e. The molecule has 0 aliphatic heterocycles. The van der Waals surface area contributed by atoms with Gasteiger partial charge in [-0.15, -0.1) is 0 Å². The van der Waals surface area contributed by atoms with Crippen molar-refractivity contribution in [3.8, 4) is 0 Å². The van der Waals surface area contributed by atoms with Gasteiger partial charge >= 0.3 is 0 Å². The first-order valence-electron chi connectivity index (χ1n) is 4.62. The summed E-state index contributed by atoms with van der Waals surface area (Å²) >= 11 is 11.8. The highest BCUT2D eigenvalue weighted by Crippen LogP contribution is 2.23. The van der Waals surface area contributed by atoms with Crippen LogP contribution in [0, 0.1) is 0 Å². The van der Waals surface area contributed by atoms with Gasteiger partial charge in [0.15, 0.2) is 0 Å². The van der Waals surface area contributed by atoms with Crippen LogP contribution in [0.15, 0.2) is 18.2 Å². The molecule has 5 heteroatoms. The molecular formula is C10H15Cl2N3. The molecule has 3 N–H and O–H groups in total. The van der Waals surface area contributed by atoms with Crippen LogP contribution in [-0.4, -0.2) is 25.6 Å². The van der Waals surface area contributed by atoms with Gasteiger partial charge in [0.05, 0.1) is 6.04 Å². The quantitative estimate of drug-likeness (QED) is 0.801. The number of hydrazine groups is 1. The minimum atomic E-state index is 0.0243. The molecule has 1 rings (SSSR count). The van der Waals surface area contributed by atoms with Crippen LogP contribution in [-0.2, 0) is 0 Å². The maximum absolute atomic E-state index is 5.92. The average Bonchev–Trinajstić information content (AvgIpc) is 2.12. The lowest BCUT2D eigenvalue weighted by Crippen LogP contribution is -2.37. The highest BCUT2D eigenvalue weighted by molar-refractivity contribution is 6.34. The van der Waals surface area contributed by atoms with Crippen molar-refractivity contribution in [2.24, 2.45) is 5.73 Å². The van der Waals surface area contributed by atoms with E-state index in [1.807, 2.05) is 31.2 Å². The normalized spacial score (nSPS) is 13.2. The Labute approximate surface area is 100 Å². The second-order valence-corrected chi connectivity index (χ2v) is 4.39.